The van der Waals surface area contributed by atoms with Crippen molar-refractivity contribution in [1.82, 2.24) is 0 Å². The summed E-state index contributed by atoms with van der Waals surface area (Å²) < 4.78 is 24.2. The molecule has 0 saturated carbocycles. The summed E-state index contributed by atoms with van der Waals surface area (Å²) in [5.74, 6) is 0.233. The lowest BCUT2D eigenvalue weighted by atomic mass is 9.88. The van der Waals surface area contributed by atoms with Gasteiger partial charge in [-0.15, -0.1) is 0 Å². The highest BCUT2D eigenvalue weighted by Crippen LogP contribution is 2.44. The van der Waals surface area contributed by atoms with Crippen LogP contribution in [-0.2, 0) is 4.57 Å². The number of rotatable bonds is 7. The molecule has 0 aliphatic rings. The molecule has 32 heavy (non-hydrogen) atoms. The summed E-state index contributed by atoms with van der Waals surface area (Å²) >= 11 is 0. The van der Waals surface area contributed by atoms with Crippen molar-refractivity contribution in [2.45, 2.75) is 27.7 Å². The zero-order valence-corrected chi connectivity index (χ0v) is 20.0. The molecule has 6 heteroatoms. The maximum Gasteiger partial charge on any atom is 0.254 e. The monoisotopic (exact) mass is 449 g/mol. The van der Waals surface area contributed by atoms with Crippen LogP contribution in [0, 0.1) is 27.7 Å². The first-order chi connectivity index (χ1) is 15.2. The Kier molecular flexibility index (Phi) is 6.90. The summed E-state index contributed by atoms with van der Waals surface area (Å²) in [4.78, 5) is 27.0. The minimum absolute atomic E-state index is 0.0908. The van der Waals surface area contributed by atoms with Crippen molar-refractivity contribution in [3.05, 3.63) is 87.5 Å². The van der Waals surface area contributed by atoms with E-state index in [1.807, 2.05) is 32.0 Å². The van der Waals surface area contributed by atoms with Gasteiger partial charge in [0.15, 0.2) is 13.6 Å². The first kappa shape index (κ1) is 23.4. The van der Waals surface area contributed by atoms with Crippen LogP contribution in [0.2, 0.25) is 0 Å². The number of methoxy groups -OCH3 is 2. The van der Waals surface area contributed by atoms with Gasteiger partial charge in [0.1, 0.15) is 17.1 Å². The quantitative estimate of drug-likeness (QED) is 0.354. The summed E-state index contributed by atoms with van der Waals surface area (Å²) in [6, 6.07) is 14.2. The van der Waals surface area contributed by atoms with Gasteiger partial charge in [0.2, 0.25) is 0 Å². The van der Waals surface area contributed by atoms with Gasteiger partial charge in [-0.05, 0) is 51.0 Å². The summed E-state index contributed by atoms with van der Waals surface area (Å²) in [5, 5.41) is 0.419. The summed E-state index contributed by atoms with van der Waals surface area (Å²) in [6.07, 6.45) is 0. The predicted molar refractivity (Wildman–Crippen MR) is 126 cm³/mol. The molecule has 0 aromatic heterocycles. The van der Waals surface area contributed by atoms with E-state index in [1.54, 1.807) is 44.2 Å². The molecule has 5 nitrogen and oxygen atoms in total. The van der Waals surface area contributed by atoms with Gasteiger partial charge in [-0.3, -0.25) is 14.2 Å². The Morgan fingerprint density at radius 1 is 0.688 bits per heavy atom. The van der Waals surface area contributed by atoms with Crippen LogP contribution in [0.5, 0.6) is 11.5 Å². The van der Waals surface area contributed by atoms with E-state index in [4.69, 9.17) is 9.47 Å². The normalized spacial score (nSPS) is 11.1. The lowest BCUT2D eigenvalue weighted by Gasteiger charge is -2.21. The number of carbonyl (C=O) groups is 2. The van der Waals surface area contributed by atoms with E-state index in [0.717, 1.165) is 11.1 Å². The highest BCUT2D eigenvalue weighted by atomic mass is 31.1. The molecule has 0 spiro atoms. The number of benzene rings is 3. The number of aryl methyl sites for hydroxylation is 2. The van der Waals surface area contributed by atoms with E-state index < -0.39 is 13.3 Å². The van der Waals surface area contributed by atoms with Crippen LogP contribution in [0.1, 0.15) is 48.5 Å². The molecule has 0 bridgehead atoms. The van der Waals surface area contributed by atoms with E-state index in [2.05, 4.69) is 0 Å². The molecule has 0 aliphatic carbocycles. The highest BCUT2D eigenvalue weighted by molar-refractivity contribution is 7.71. The number of hydrogen-bond acceptors (Lipinski definition) is 5. The third-order valence-corrected chi connectivity index (χ3v) is 6.98. The van der Waals surface area contributed by atoms with E-state index in [1.165, 1.54) is 14.2 Å². The molecule has 165 valence electrons. The first-order valence-electron chi connectivity index (χ1n) is 10.2. The number of ketones is 1. The molecule has 1 unspecified atom stereocenters. The lowest BCUT2D eigenvalue weighted by Crippen LogP contribution is -2.15. The summed E-state index contributed by atoms with van der Waals surface area (Å²) in [6.45, 7) is 7.25. The Hall–Kier alpha value is -3.30. The third kappa shape index (κ3) is 3.96. The maximum absolute atomic E-state index is 13.6. The van der Waals surface area contributed by atoms with Gasteiger partial charge in [-0.2, -0.15) is 0 Å². The van der Waals surface area contributed by atoms with Crippen molar-refractivity contribution >= 4 is 24.4 Å². The Morgan fingerprint density at radius 2 is 1.19 bits per heavy atom. The first-order valence-corrected chi connectivity index (χ1v) is 11.4. The molecule has 0 fully saturated rings. The van der Waals surface area contributed by atoms with Gasteiger partial charge < -0.3 is 9.47 Å². The Labute approximate surface area is 189 Å². The van der Waals surface area contributed by atoms with Crippen LogP contribution in [-0.4, -0.2) is 25.5 Å². The number of carbonyl (C=O) groups excluding carboxylic acids is 2. The SMILES string of the molecule is COc1c(C)c(C(=O)c2c(C)cccc2C)c(C)c(OC)c1C(=O)[P](=O)c1ccccc1. The number of hydrogen-bond donors (Lipinski definition) is 0. The molecule has 3 rings (SSSR count). The number of ether oxygens (including phenoxy) is 2. The predicted octanol–water partition coefficient (Wildman–Crippen LogP) is 5.46. The molecule has 0 saturated heterocycles. The van der Waals surface area contributed by atoms with Crippen LogP contribution in [0.4, 0.5) is 0 Å². The van der Waals surface area contributed by atoms with Crippen molar-refractivity contribution < 1.29 is 23.6 Å². The highest BCUT2D eigenvalue weighted by Gasteiger charge is 2.32. The second-order valence-electron chi connectivity index (χ2n) is 7.60. The minimum Gasteiger partial charge on any atom is -0.496 e. The fraction of sp³-hybridized carbons (Fsp3) is 0.231. The van der Waals surface area contributed by atoms with E-state index in [9.17, 15) is 14.2 Å². The maximum atomic E-state index is 13.6. The Morgan fingerprint density at radius 3 is 1.66 bits per heavy atom. The average Bonchev–Trinajstić information content (AvgIpc) is 2.78. The molecular formula is C26H26O5P. The van der Waals surface area contributed by atoms with E-state index in [-0.39, 0.29) is 22.8 Å². The minimum atomic E-state index is -2.39. The van der Waals surface area contributed by atoms with Gasteiger partial charge in [0, 0.05) is 27.6 Å². The van der Waals surface area contributed by atoms with Crippen molar-refractivity contribution in [3.63, 3.8) is 0 Å². The smallest absolute Gasteiger partial charge is 0.254 e. The van der Waals surface area contributed by atoms with Gasteiger partial charge in [-0.25, -0.2) is 0 Å². The molecule has 0 N–H and O–H groups in total. The molecule has 0 amide bonds. The average molecular weight is 449 g/mol. The Bertz CT molecular complexity index is 1180. The Balaban J connectivity index is 2.26. The second kappa shape index (κ2) is 9.46. The lowest BCUT2D eigenvalue weighted by molar-refractivity contribution is 0.103. The van der Waals surface area contributed by atoms with Crippen molar-refractivity contribution in [2.24, 2.45) is 0 Å². The molecule has 1 radical (unpaired) electrons. The van der Waals surface area contributed by atoms with Gasteiger partial charge in [0.05, 0.1) is 14.2 Å². The summed E-state index contributed by atoms with van der Waals surface area (Å²) in [5.41, 5.74) is 3.26. The van der Waals surface area contributed by atoms with Gasteiger partial charge >= 0.3 is 0 Å². The largest absolute Gasteiger partial charge is 0.496 e. The third-order valence-electron chi connectivity index (χ3n) is 5.62. The fourth-order valence-electron chi connectivity index (χ4n) is 4.11. The van der Waals surface area contributed by atoms with Crippen LogP contribution in [0.25, 0.3) is 0 Å². The standard InChI is InChI=1S/C26H26O5P/c1-15-11-10-12-16(2)20(15)23(27)21-17(3)24(30-5)22(25(31-6)18(21)4)26(28)32(29)19-13-8-7-9-14-19/h7-14H,1-6H3. The van der Waals surface area contributed by atoms with E-state index >= 15 is 0 Å². The fourth-order valence-corrected chi connectivity index (χ4v) is 5.19. The molecule has 0 aliphatic heterocycles. The molecule has 0 heterocycles. The van der Waals surface area contributed by atoms with E-state index in [0.29, 0.717) is 27.6 Å². The van der Waals surface area contributed by atoms with Crippen molar-refractivity contribution in [3.8, 4) is 11.5 Å². The van der Waals surface area contributed by atoms with Crippen LogP contribution in [0.3, 0.4) is 0 Å². The van der Waals surface area contributed by atoms with Crippen molar-refractivity contribution in [2.75, 3.05) is 14.2 Å². The topological polar surface area (TPSA) is 69.7 Å². The zero-order valence-electron chi connectivity index (χ0n) is 19.1. The van der Waals surface area contributed by atoms with Crippen molar-refractivity contribution in [1.29, 1.82) is 0 Å². The van der Waals surface area contributed by atoms with Crippen LogP contribution < -0.4 is 14.8 Å². The van der Waals surface area contributed by atoms with Crippen LogP contribution in [0.15, 0.2) is 48.5 Å². The van der Waals surface area contributed by atoms with Crippen LogP contribution >= 0.6 is 7.80 Å². The van der Waals surface area contributed by atoms with Gasteiger partial charge in [-0.1, -0.05) is 36.4 Å². The molecular weight excluding hydrogens is 423 g/mol. The molecule has 3 aromatic carbocycles. The molecule has 3 aromatic rings. The van der Waals surface area contributed by atoms with Gasteiger partial charge in [0.25, 0.3) is 5.52 Å². The summed E-state index contributed by atoms with van der Waals surface area (Å²) in [7, 11) is 0.460. The zero-order chi connectivity index (χ0) is 23.6. The molecule has 1 atom stereocenters. The second-order valence-corrected chi connectivity index (χ2v) is 9.11.